The molecule has 0 amide bonds. The second kappa shape index (κ2) is 6.46. The molecule has 0 saturated carbocycles. The number of benzene rings is 1. The number of aliphatic hydroxyl groups is 2. The number of hydrogen-bond donors (Lipinski definition) is 2. The first-order valence-corrected chi connectivity index (χ1v) is 6.76. The van der Waals surface area contributed by atoms with Gasteiger partial charge in [-0.25, -0.2) is 4.39 Å². The average Bonchev–Trinajstić information content (AvgIpc) is 2.47. The van der Waals surface area contributed by atoms with Crippen LogP contribution in [0.2, 0.25) is 0 Å². The quantitative estimate of drug-likeness (QED) is 0.857. The summed E-state index contributed by atoms with van der Waals surface area (Å²) in [5, 5.41) is 19.5. The zero-order chi connectivity index (χ0) is 13.7. The van der Waals surface area contributed by atoms with Crippen LogP contribution in [0.1, 0.15) is 24.8 Å². The molecule has 0 aliphatic carbocycles. The van der Waals surface area contributed by atoms with Gasteiger partial charge >= 0.3 is 0 Å². The second-order valence-corrected chi connectivity index (χ2v) is 5.36. The van der Waals surface area contributed by atoms with Crippen molar-refractivity contribution in [2.24, 2.45) is 5.92 Å². The van der Waals surface area contributed by atoms with Gasteiger partial charge in [-0.3, -0.25) is 0 Å². The van der Waals surface area contributed by atoms with Crippen LogP contribution < -0.4 is 0 Å². The van der Waals surface area contributed by atoms with E-state index >= 15 is 0 Å². The number of halogens is 1. The molecular formula is C15H21FO3. The maximum Gasteiger partial charge on any atom is 0.123 e. The molecule has 1 heterocycles. The van der Waals surface area contributed by atoms with Crippen LogP contribution in [-0.2, 0) is 10.2 Å². The minimum absolute atomic E-state index is 0.132. The van der Waals surface area contributed by atoms with Crippen molar-refractivity contribution in [3.8, 4) is 0 Å². The fourth-order valence-electron chi connectivity index (χ4n) is 2.79. The van der Waals surface area contributed by atoms with Gasteiger partial charge in [-0.2, -0.15) is 0 Å². The van der Waals surface area contributed by atoms with Crippen molar-refractivity contribution in [3.05, 3.63) is 35.6 Å². The summed E-state index contributed by atoms with van der Waals surface area (Å²) in [7, 11) is 0. The van der Waals surface area contributed by atoms with Gasteiger partial charge in [0.2, 0.25) is 0 Å². The lowest BCUT2D eigenvalue weighted by atomic mass is 9.73. The van der Waals surface area contributed by atoms with Gasteiger partial charge in [0.1, 0.15) is 5.82 Å². The molecule has 0 aromatic heterocycles. The summed E-state index contributed by atoms with van der Waals surface area (Å²) in [6, 6.07) is 6.06. The minimum atomic E-state index is -0.685. The Morgan fingerprint density at radius 3 is 2.21 bits per heavy atom. The first-order valence-electron chi connectivity index (χ1n) is 6.76. The topological polar surface area (TPSA) is 49.7 Å². The first-order chi connectivity index (χ1) is 9.20. The Bertz CT molecular complexity index is 381. The van der Waals surface area contributed by atoms with E-state index in [9.17, 15) is 14.6 Å². The van der Waals surface area contributed by atoms with Gasteiger partial charge in [0, 0.05) is 18.6 Å². The highest BCUT2D eigenvalue weighted by molar-refractivity contribution is 5.26. The molecule has 0 radical (unpaired) electrons. The molecule has 1 fully saturated rings. The van der Waals surface area contributed by atoms with Crippen LogP contribution in [0.25, 0.3) is 0 Å². The van der Waals surface area contributed by atoms with E-state index in [1.807, 2.05) is 0 Å². The molecule has 1 aliphatic rings. The summed E-state index contributed by atoms with van der Waals surface area (Å²) in [6.45, 7) is 1.21. The van der Waals surface area contributed by atoms with Crippen LogP contribution in [0.4, 0.5) is 4.39 Å². The lowest BCUT2D eigenvalue weighted by Crippen LogP contribution is -2.38. The molecule has 19 heavy (non-hydrogen) atoms. The van der Waals surface area contributed by atoms with E-state index in [0.29, 0.717) is 12.3 Å². The summed E-state index contributed by atoms with van der Waals surface area (Å²) >= 11 is 0. The zero-order valence-corrected chi connectivity index (χ0v) is 11.0. The van der Waals surface area contributed by atoms with E-state index in [2.05, 4.69) is 0 Å². The molecule has 0 bridgehead atoms. The van der Waals surface area contributed by atoms with E-state index in [4.69, 9.17) is 4.74 Å². The highest BCUT2D eigenvalue weighted by atomic mass is 19.1. The summed E-state index contributed by atoms with van der Waals surface area (Å²) < 4.78 is 18.3. The summed E-state index contributed by atoms with van der Waals surface area (Å²) in [6.07, 6.45) is 2.60. The zero-order valence-electron chi connectivity index (χ0n) is 11.0. The molecule has 106 valence electrons. The fraction of sp³-hybridized carbons (Fsp3) is 0.600. The fourth-order valence-corrected chi connectivity index (χ4v) is 2.79. The van der Waals surface area contributed by atoms with Crippen LogP contribution in [0.15, 0.2) is 24.3 Å². The van der Waals surface area contributed by atoms with Gasteiger partial charge in [-0.05, 0) is 42.9 Å². The van der Waals surface area contributed by atoms with Crippen LogP contribution in [0.5, 0.6) is 0 Å². The van der Waals surface area contributed by atoms with Crippen molar-refractivity contribution in [2.75, 3.05) is 26.4 Å². The minimum Gasteiger partial charge on any atom is -0.395 e. The van der Waals surface area contributed by atoms with Crippen molar-refractivity contribution in [2.45, 2.75) is 24.7 Å². The Morgan fingerprint density at radius 1 is 1.11 bits per heavy atom. The van der Waals surface area contributed by atoms with E-state index in [0.717, 1.165) is 31.6 Å². The third kappa shape index (κ3) is 3.32. The van der Waals surface area contributed by atoms with Gasteiger partial charge in [0.25, 0.3) is 0 Å². The van der Waals surface area contributed by atoms with Gasteiger partial charge in [0.05, 0.1) is 13.2 Å². The number of hydrogen-bond acceptors (Lipinski definition) is 3. The van der Waals surface area contributed by atoms with Crippen molar-refractivity contribution < 1.29 is 19.3 Å². The molecular weight excluding hydrogens is 247 g/mol. The van der Waals surface area contributed by atoms with Gasteiger partial charge < -0.3 is 14.9 Å². The molecule has 2 N–H and O–H groups in total. The van der Waals surface area contributed by atoms with Crippen molar-refractivity contribution in [3.63, 3.8) is 0 Å². The maximum atomic E-state index is 13.0. The molecule has 3 nitrogen and oxygen atoms in total. The Labute approximate surface area is 113 Å². The lowest BCUT2D eigenvalue weighted by Gasteiger charge is -2.35. The van der Waals surface area contributed by atoms with Crippen LogP contribution in [0, 0.1) is 11.7 Å². The highest BCUT2D eigenvalue weighted by Gasteiger charge is 2.34. The summed E-state index contributed by atoms with van der Waals surface area (Å²) in [5.74, 6) is 0.123. The molecule has 0 spiro atoms. The standard InChI is InChI=1S/C15H21FO3/c16-14-3-1-13(2-4-14)15(10-17,11-18)9-12-5-7-19-8-6-12/h1-4,12,17-18H,5-11H2. The molecule has 2 rings (SSSR count). The van der Waals surface area contributed by atoms with E-state index < -0.39 is 5.41 Å². The van der Waals surface area contributed by atoms with Crippen molar-refractivity contribution >= 4 is 0 Å². The van der Waals surface area contributed by atoms with E-state index in [1.165, 1.54) is 12.1 Å². The number of aliphatic hydroxyl groups excluding tert-OH is 2. The van der Waals surface area contributed by atoms with Crippen molar-refractivity contribution in [1.82, 2.24) is 0 Å². The predicted molar refractivity (Wildman–Crippen MR) is 70.4 cm³/mol. The third-order valence-corrected chi connectivity index (χ3v) is 4.08. The Hall–Kier alpha value is -0.970. The summed E-state index contributed by atoms with van der Waals surface area (Å²) in [5.41, 5.74) is 0.112. The Balaban J connectivity index is 2.18. The molecule has 0 unspecified atom stereocenters. The van der Waals surface area contributed by atoms with E-state index in [1.54, 1.807) is 12.1 Å². The molecule has 1 aliphatic heterocycles. The number of rotatable bonds is 5. The Kier molecular flexibility index (Phi) is 4.91. The largest absolute Gasteiger partial charge is 0.395 e. The van der Waals surface area contributed by atoms with E-state index in [-0.39, 0.29) is 19.0 Å². The highest BCUT2D eigenvalue weighted by Crippen LogP contribution is 2.34. The van der Waals surface area contributed by atoms with Crippen LogP contribution in [-0.4, -0.2) is 36.6 Å². The molecule has 1 aromatic carbocycles. The SMILES string of the molecule is OCC(CO)(CC1CCOCC1)c1ccc(F)cc1. The normalized spacial score (nSPS) is 17.6. The summed E-state index contributed by atoms with van der Waals surface area (Å²) in [4.78, 5) is 0. The maximum absolute atomic E-state index is 13.0. The predicted octanol–water partition coefficient (Wildman–Crippen LogP) is 1.86. The van der Waals surface area contributed by atoms with Crippen LogP contribution in [0.3, 0.4) is 0 Å². The molecule has 0 atom stereocenters. The van der Waals surface area contributed by atoms with Crippen molar-refractivity contribution in [1.29, 1.82) is 0 Å². The monoisotopic (exact) mass is 268 g/mol. The number of ether oxygens (including phenoxy) is 1. The van der Waals surface area contributed by atoms with Gasteiger partial charge in [-0.1, -0.05) is 12.1 Å². The Morgan fingerprint density at radius 2 is 1.68 bits per heavy atom. The first kappa shape index (κ1) is 14.4. The molecule has 1 aromatic rings. The second-order valence-electron chi connectivity index (χ2n) is 5.36. The average molecular weight is 268 g/mol. The molecule has 4 heteroatoms. The molecule has 1 saturated heterocycles. The lowest BCUT2D eigenvalue weighted by molar-refractivity contribution is 0.0354. The smallest absolute Gasteiger partial charge is 0.123 e. The van der Waals surface area contributed by atoms with Gasteiger partial charge in [-0.15, -0.1) is 0 Å². The van der Waals surface area contributed by atoms with Crippen LogP contribution >= 0.6 is 0 Å². The third-order valence-electron chi connectivity index (χ3n) is 4.08. The van der Waals surface area contributed by atoms with Gasteiger partial charge in [0.15, 0.2) is 0 Å².